The molecule has 5 heteroatoms. The van der Waals surface area contributed by atoms with E-state index in [4.69, 9.17) is 4.42 Å². The van der Waals surface area contributed by atoms with Crippen molar-refractivity contribution in [2.24, 2.45) is 7.05 Å². The van der Waals surface area contributed by atoms with Gasteiger partial charge in [-0.1, -0.05) is 30.3 Å². The van der Waals surface area contributed by atoms with E-state index in [1.54, 1.807) is 25.2 Å². The van der Waals surface area contributed by atoms with Crippen LogP contribution in [0.25, 0.3) is 11.1 Å². The van der Waals surface area contributed by atoms with Gasteiger partial charge in [0.15, 0.2) is 5.58 Å². The summed E-state index contributed by atoms with van der Waals surface area (Å²) in [6.45, 7) is 1.93. The molecule has 1 aromatic heterocycles. The molecule has 3 aromatic rings. The minimum absolute atomic E-state index is 0.104. The fourth-order valence-electron chi connectivity index (χ4n) is 2.38. The van der Waals surface area contributed by atoms with E-state index in [0.29, 0.717) is 16.7 Å². The molecule has 0 bridgehead atoms. The summed E-state index contributed by atoms with van der Waals surface area (Å²) >= 11 is 0. The fraction of sp³-hybridized carbons (Fsp3) is 0.176. The van der Waals surface area contributed by atoms with E-state index in [2.05, 4.69) is 5.32 Å². The molecule has 5 nitrogen and oxygen atoms in total. The maximum Gasteiger partial charge on any atom is 0.419 e. The topological polar surface area (TPSA) is 64.2 Å². The number of nitrogens with one attached hydrogen (secondary N) is 1. The van der Waals surface area contributed by atoms with Crippen LogP contribution in [-0.4, -0.2) is 10.5 Å². The molecular weight excluding hydrogens is 280 g/mol. The summed E-state index contributed by atoms with van der Waals surface area (Å²) in [7, 11) is 1.63. The molecule has 0 aliphatic rings. The molecule has 0 spiro atoms. The normalized spacial score (nSPS) is 12.3. The highest BCUT2D eigenvalue weighted by molar-refractivity contribution is 5.97. The first-order chi connectivity index (χ1) is 10.6. The zero-order valence-corrected chi connectivity index (χ0v) is 12.4. The Hall–Kier alpha value is -2.82. The summed E-state index contributed by atoms with van der Waals surface area (Å²) in [5.74, 6) is -0.644. The van der Waals surface area contributed by atoms with Crippen LogP contribution in [0.2, 0.25) is 0 Å². The molecule has 112 valence electrons. The molecule has 1 unspecified atom stereocenters. The molecule has 1 amide bonds. The van der Waals surface area contributed by atoms with Gasteiger partial charge in [0.05, 0.1) is 11.6 Å². The number of hydrogen-bond acceptors (Lipinski definition) is 3. The number of oxazole rings is 1. The quantitative estimate of drug-likeness (QED) is 0.808. The Bertz CT molecular complexity index is 878. The summed E-state index contributed by atoms with van der Waals surface area (Å²) in [5, 5.41) is 2.93. The molecule has 1 N–H and O–H groups in total. The van der Waals surface area contributed by atoms with Gasteiger partial charge in [0.1, 0.15) is 0 Å². The summed E-state index contributed by atoms with van der Waals surface area (Å²) in [4.78, 5) is 23.8. The number of aromatic nitrogens is 1. The van der Waals surface area contributed by atoms with Crippen LogP contribution in [0.4, 0.5) is 0 Å². The van der Waals surface area contributed by atoms with Crippen molar-refractivity contribution in [3.05, 3.63) is 70.2 Å². The molecule has 0 fully saturated rings. The van der Waals surface area contributed by atoms with Gasteiger partial charge in [0.25, 0.3) is 5.91 Å². The highest BCUT2D eigenvalue weighted by atomic mass is 16.4. The van der Waals surface area contributed by atoms with Gasteiger partial charge in [-0.25, -0.2) is 4.79 Å². The van der Waals surface area contributed by atoms with Crippen LogP contribution >= 0.6 is 0 Å². The lowest BCUT2D eigenvalue weighted by molar-refractivity contribution is 0.0940. The van der Waals surface area contributed by atoms with Crippen LogP contribution in [0.1, 0.15) is 28.9 Å². The van der Waals surface area contributed by atoms with E-state index in [1.807, 2.05) is 37.3 Å². The van der Waals surface area contributed by atoms with Gasteiger partial charge in [-0.2, -0.15) is 0 Å². The highest BCUT2D eigenvalue weighted by Crippen LogP contribution is 2.16. The minimum atomic E-state index is -0.440. The Morgan fingerprint density at radius 1 is 1.18 bits per heavy atom. The van der Waals surface area contributed by atoms with Gasteiger partial charge in [-0.05, 0) is 30.7 Å². The van der Waals surface area contributed by atoms with Gasteiger partial charge in [-0.15, -0.1) is 0 Å². The van der Waals surface area contributed by atoms with Crippen LogP contribution in [0, 0.1) is 0 Å². The summed E-state index contributed by atoms with van der Waals surface area (Å²) in [5.41, 5.74) is 2.57. The van der Waals surface area contributed by atoms with Crippen molar-refractivity contribution in [1.29, 1.82) is 0 Å². The average Bonchev–Trinajstić information content (AvgIpc) is 2.82. The average molecular weight is 296 g/mol. The summed E-state index contributed by atoms with van der Waals surface area (Å²) < 4.78 is 6.51. The predicted octanol–water partition coefficient (Wildman–Crippen LogP) is 2.62. The zero-order valence-electron chi connectivity index (χ0n) is 12.4. The molecule has 2 aromatic carbocycles. The van der Waals surface area contributed by atoms with Gasteiger partial charge < -0.3 is 9.73 Å². The largest absolute Gasteiger partial charge is 0.419 e. The second-order valence-electron chi connectivity index (χ2n) is 5.22. The van der Waals surface area contributed by atoms with E-state index in [1.165, 1.54) is 4.57 Å². The fourth-order valence-corrected chi connectivity index (χ4v) is 2.38. The molecular formula is C17H16N2O3. The van der Waals surface area contributed by atoms with Crippen molar-refractivity contribution in [1.82, 2.24) is 9.88 Å². The summed E-state index contributed by atoms with van der Waals surface area (Å²) in [6.07, 6.45) is 0. The molecule has 1 atom stereocenters. The third-order valence-electron chi connectivity index (χ3n) is 3.70. The van der Waals surface area contributed by atoms with Crippen molar-refractivity contribution in [3.63, 3.8) is 0 Å². The minimum Gasteiger partial charge on any atom is -0.408 e. The SMILES string of the molecule is CC(NC(=O)c1ccc2c(c1)oc(=O)n2C)c1ccccc1. The number of carbonyl (C=O) groups excluding carboxylic acids is 1. The number of aryl methyl sites for hydroxylation is 1. The monoisotopic (exact) mass is 296 g/mol. The first kappa shape index (κ1) is 14.1. The van der Waals surface area contributed by atoms with Crippen molar-refractivity contribution in [2.45, 2.75) is 13.0 Å². The van der Waals surface area contributed by atoms with Crippen molar-refractivity contribution in [3.8, 4) is 0 Å². The molecule has 0 saturated carbocycles. The van der Waals surface area contributed by atoms with Crippen molar-refractivity contribution >= 4 is 17.0 Å². The zero-order chi connectivity index (χ0) is 15.7. The number of fused-ring (bicyclic) bond motifs is 1. The molecule has 0 aliphatic carbocycles. The maximum absolute atomic E-state index is 12.3. The molecule has 0 radical (unpaired) electrons. The third-order valence-corrected chi connectivity index (χ3v) is 3.70. The molecule has 1 heterocycles. The van der Waals surface area contributed by atoms with Crippen LogP contribution in [0.5, 0.6) is 0 Å². The number of hydrogen-bond donors (Lipinski definition) is 1. The molecule has 3 rings (SSSR count). The molecule has 0 saturated heterocycles. The summed E-state index contributed by atoms with van der Waals surface area (Å²) in [6, 6.07) is 14.6. The van der Waals surface area contributed by atoms with Crippen molar-refractivity contribution in [2.75, 3.05) is 0 Å². The van der Waals surface area contributed by atoms with Crippen molar-refractivity contribution < 1.29 is 9.21 Å². The van der Waals surface area contributed by atoms with Crippen LogP contribution in [0.3, 0.4) is 0 Å². The second-order valence-corrected chi connectivity index (χ2v) is 5.22. The lowest BCUT2D eigenvalue weighted by Gasteiger charge is -2.14. The van der Waals surface area contributed by atoms with E-state index >= 15 is 0 Å². The van der Waals surface area contributed by atoms with Crippen LogP contribution in [-0.2, 0) is 7.05 Å². The Morgan fingerprint density at radius 3 is 2.64 bits per heavy atom. The second kappa shape index (κ2) is 5.52. The Balaban J connectivity index is 1.85. The maximum atomic E-state index is 12.3. The van der Waals surface area contributed by atoms with Crippen LogP contribution < -0.4 is 11.1 Å². The predicted molar refractivity (Wildman–Crippen MR) is 83.8 cm³/mol. The number of nitrogens with zero attached hydrogens (tertiary/aromatic N) is 1. The van der Waals surface area contributed by atoms with E-state index in [9.17, 15) is 9.59 Å². The molecule has 22 heavy (non-hydrogen) atoms. The molecule has 0 aliphatic heterocycles. The Labute approximate surface area is 127 Å². The van der Waals surface area contributed by atoms with Gasteiger partial charge in [-0.3, -0.25) is 9.36 Å². The smallest absolute Gasteiger partial charge is 0.408 e. The highest BCUT2D eigenvalue weighted by Gasteiger charge is 2.13. The van der Waals surface area contributed by atoms with E-state index in [0.717, 1.165) is 5.56 Å². The Morgan fingerprint density at radius 2 is 1.91 bits per heavy atom. The number of benzene rings is 2. The number of carbonyl (C=O) groups is 1. The third kappa shape index (κ3) is 2.53. The van der Waals surface area contributed by atoms with Gasteiger partial charge >= 0.3 is 5.76 Å². The van der Waals surface area contributed by atoms with Crippen LogP contribution in [0.15, 0.2) is 57.7 Å². The number of amides is 1. The van der Waals surface area contributed by atoms with Gasteiger partial charge in [0, 0.05) is 12.6 Å². The lowest BCUT2D eigenvalue weighted by Crippen LogP contribution is -2.26. The standard InChI is InChI=1S/C17H16N2O3/c1-11(12-6-4-3-5-7-12)18-16(20)13-8-9-14-15(10-13)22-17(21)19(14)2/h3-11H,1-2H3,(H,18,20). The Kier molecular flexibility index (Phi) is 3.55. The first-order valence-corrected chi connectivity index (χ1v) is 7.01. The number of rotatable bonds is 3. The van der Waals surface area contributed by atoms with E-state index in [-0.39, 0.29) is 11.9 Å². The van der Waals surface area contributed by atoms with Gasteiger partial charge in [0.2, 0.25) is 0 Å². The van der Waals surface area contributed by atoms with E-state index < -0.39 is 5.76 Å². The first-order valence-electron chi connectivity index (χ1n) is 7.01. The lowest BCUT2D eigenvalue weighted by atomic mass is 10.1.